The number of methoxy groups -OCH3 is 1. The van der Waals surface area contributed by atoms with Crippen molar-refractivity contribution in [1.82, 2.24) is 25.0 Å². The summed E-state index contributed by atoms with van der Waals surface area (Å²) in [5.41, 5.74) is 2.13. The molecule has 0 aliphatic carbocycles. The molecule has 0 spiro atoms. The Bertz CT molecular complexity index is 1150. The first kappa shape index (κ1) is 22.0. The number of aromatic nitrogens is 5. The van der Waals surface area contributed by atoms with Gasteiger partial charge in [0.1, 0.15) is 12.4 Å². The Morgan fingerprint density at radius 1 is 1.00 bits per heavy atom. The number of rotatable bonds is 10. The van der Waals surface area contributed by atoms with E-state index >= 15 is 0 Å². The highest BCUT2D eigenvalue weighted by atomic mass is 32.2. The van der Waals surface area contributed by atoms with Crippen LogP contribution in [-0.4, -0.2) is 38.7 Å². The van der Waals surface area contributed by atoms with Gasteiger partial charge in [0.25, 0.3) is 0 Å². The minimum atomic E-state index is -0.0609. The van der Waals surface area contributed by atoms with Crippen LogP contribution in [0.5, 0.6) is 5.75 Å². The molecule has 1 atom stereocenters. The molecule has 2 aromatic heterocycles. The molecule has 0 saturated heterocycles. The van der Waals surface area contributed by atoms with Gasteiger partial charge in [-0.05, 0) is 18.6 Å². The van der Waals surface area contributed by atoms with E-state index in [2.05, 4.69) is 38.6 Å². The molecule has 166 valence electrons. The number of para-hydroxylation sites is 1. The fourth-order valence-electron chi connectivity index (χ4n) is 3.20. The van der Waals surface area contributed by atoms with Gasteiger partial charge in [0.15, 0.2) is 11.0 Å². The summed E-state index contributed by atoms with van der Waals surface area (Å²) >= 11 is 1.51. The molecule has 0 saturated carbocycles. The zero-order chi connectivity index (χ0) is 22.3. The molecule has 0 aliphatic heterocycles. The number of benzene rings is 2. The van der Waals surface area contributed by atoms with Gasteiger partial charge in [-0.3, -0.25) is 0 Å². The predicted octanol–water partition coefficient (Wildman–Crippen LogP) is 4.72. The van der Waals surface area contributed by atoms with Crippen LogP contribution in [0.1, 0.15) is 29.8 Å². The number of ether oxygens (including phenoxy) is 2. The highest BCUT2D eigenvalue weighted by Crippen LogP contribution is 2.34. The largest absolute Gasteiger partial charge is 0.485 e. The van der Waals surface area contributed by atoms with Crippen LogP contribution < -0.4 is 4.74 Å². The van der Waals surface area contributed by atoms with Crippen molar-refractivity contribution in [3.63, 3.8) is 0 Å². The normalized spacial score (nSPS) is 12.1. The second kappa shape index (κ2) is 10.4. The molecule has 8 nitrogen and oxygen atoms in total. The lowest BCUT2D eigenvalue weighted by Crippen LogP contribution is -2.12. The lowest BCUT2D eigenvalue weighted by molar-refractivity contribution is 0.181. The molecule has 32 heavy (non-hydrogen) atoms. The summed E-state index contributed by atoms with van der Waals surface area (Å²) in [6, 6.07) is 18.2. The second-order valence-electron chi connectivity index (χ2n) is 7.11. The van der Waals surface area contributed by atoms with E-state index in [1.54, 1.807) is 14.0 Å². The molecule has 1 unspecified atom stereocenters. The lowest BCUT2D eigenvalue weighted by Gasteiger charge is -2.14. The summed E-state index contributed by atoms with van der Waals surface area (Å²) in [6.45, 7) is 5.21. The summed E-state index contributed by atoms with van der Waals surface area (Å²) in [6.07, 6.45) is 0. The number of thioether (sulfide) groups is 1. The Morgan fingerprint density at radius 3 is 2.53 bits per heavy atom. The van der Waals surface area contributed by atoms with Crippen LogP contribution in [-0.2, 0) is 17.9 Å². The number of nitrogens with zero attached hydrogens (tertiary/aromatic N) is 5. The van der Waals surface area contributed by atoms with Gasteiger partial charge >= 0.3 is 0 Å². The van der Waals surface area contributed by atoms with Crippen LogP contribution in [0.2, 0.25) is 0 Å². The molecule has 0 fully saturated rings. The maximum atomic E-state index is 6.19. The average molecular weight is 452 g/mol. The Hall–Kier alpha value is -3.17. The van der Waals surface area contributed by atoms with E-state index in [-0.39, 0.29) is 11.9 Å². The molecule has 2 aromatic carbocycles. The molecular weight excluding hydrogens is 426 g/mol. The zero-order valence-corrected chi connectivity index (χ0v) is 19.1. The lowest BCUT2D eigenvalue weighted by atomic mass is 10.1. The molecule has 4 aromatic rings. The Morgan fingerprint density at radius 2 is 1.78 bits per heavy atom. The topological polar surface area (TPSA) is 88.1 Å². The predicted molar refractivity (Wildman–Crippen MR) is 121 cm³/mol. The van der Waals surface area contributed by atoms with E-state index in [1.165, 1.54) is 11.8 Å². The van der Waals surface area contributed by atoms with Crippen LogP contribution in [0.3, 0.4) is 0 Å². The molecular formula is C23H25N5O3S. The van der Waals surface area contributed by atoms with Crippen LogP contribution >= 0.6 is 11.8 Å². The van der Waals surface area contributed by atoms with Crippen LogP contribution in [0.25, 0.3) is 11.1 Å². The molecule has 2 heterocycles. The number of aryl methyl sites for hydroxylation is 1. The third-order valence-electron chi connectivity index (χ3n) is 4.81. The Kier molecular flexibility index (Phi) is 7.18. The second-order valence-corrected chi connectivity index (χ2v) is 8.42. The first-order chi connectivity index (χ1) is 15.7. The van der Waals surface area contributed by atoms with Crippen molar-refractivity contribution in [2.75, 3.05) is 13.7 Å². The monoisotopic (exact) mass is 451 g/mol. The summed E-state index contributed by atoms with van der Waals surface area (Å²) in [7, 11) is 1.67. The van der Waals surface area contributed by atoms with Crippen molar-refractivity contribution in [2.24, 2.45) is 0 Å². The standard InChI is InChI=1S/C23H25N5O3S/c1-16(22-26-24-17(2)31-22)32-23-27-25-21(28(23)13-14-29-3)15-30-20-12-8-7-11-19(20)18-9-5-4-6-10-18/h4-12,16H,13-15H2,1-3H3. The van der Waals surface area contributed by atoms with Crippen molar-refractivity contribution in [3.05, 3.63) is 72.2 Å². The van der Waals surface area contributed by atoms with Crippen LogP contribution in [0.15, 0.2) is 64.2 Å². The first-order valence-electron chi connectivity index (χ1n) is 10.3. The highest BCUT2D eigenvalue weighted by Gasteiger charge is 2.20. The highest BCUT2D eigenvalue weighted by molar-refractivity contribution is 7.99. The van der Waals surface area contributed by atoms with Crippen molar-refractivity contribution in [2.45, 2.75) is 37.4 Å². The summed E-state index contributed by atoms with van der Waals surface area (Å²) in [4.78, 5) is 0. The fourth-order valence-corrected chi connectivity index (χ4v) is 4.12. The van der Waals surface area contributed by atoms with Crippen LogP contribution in [0, 0.1) is 6.92 Å². The minimum absolute atomic E-state index is 0.0609. The van der Waals surface area contributed by atoms with E-state index in [0.717, 1.165) is 27.9 Å². The maximum Gasteiger partial charge on any atom is 0.229 e. The van der Waals surface area contributed by atoms with Gasteiger partial charge in [-0.1, -0.05) is 60.3 Å². The third kappa shape index (κ3) is 5.17. The van der Waals surface area contributed by atoms with Crippen LogP contribution in [0.4, 0.5) is 0 Å². The minimum Gasteiger partial charge on any atom is -0.485 e. The van der Waals surface area contributed by atoms with Crippen molar-refractivity contribution >= 4 is 11.8 Å². The van der Waals surface area contributed by atoms with Crippen molar-refractivity contribution < 1.29 is 13.9 Å². The smallest absolute Gasteiger partial charge is 0.229 e. The van der Waals surface area contributed by atoms with Crippen molar-refractivity contribution in [3.8, 4) is 16.9 Å². The molecule has 9 heteroatoms. The van der Waals surface area contributed by atoms with Gasteiger partial charge in [0, 0.05) is 26.1 Å². The summed E-state index contributed by atoms with van der Waals surface area (Å²) in [5.74, 6) is 2.62. The molecule has 0 bridgehead atoms. The summed E-state index contributed by atoms with van der Waals surface area (Å²) < 4.78 is 19.0. The molecule has 0 aliphatic rings. The van der Waals surface area contributed by atoms with E-state index < -0.39 is 0 Å². The Balaban J connectivity index is 1.53. The van der Waals surface area contributed by atoms with E-state index in [4.69, 9.17) is 13.9 Å². The fraction of sp³-hybridized carbons (Fsp3) is 0.304. The van der Waals surface area contributed by atoms with E-state index in [0.29, 0.717) is 24.9 Å². The van der Waals surface area contributed by atoms with Gasteiger partial charge in [-0.2, -0.15) is 0 Å². The number of hydrogen-bond acceptors (Lipinski definition) is 8. The van der Waals surface area contributed by atoms with E-state index in [9.17, 15) is 0 Å². The number of hydrogen-bond donors (Lipinski definition) is 0. The molecule has 4 rings (SSSR count). The molecule has 0 N–H and O–H groups in total. The summed E-state index contributed by atoms with van der Waals surface area (Å²) in [5, 5.41) is 17.5. The van der Waals surface area contributed by atoms with Gasteiger partial charge in [0.2, 0.25) is 11.8 Å². The zero-order valence-electron chi connectivity index (χ0n) is 18.3. The van der Waals surface area contributed by atoms with Gasteiger partial charge < -0.3 is 18.5 Å². The third-order valence-corrected chi connectivity index (χ3v) is 5.88. The van der Waals surface area contributed by atoms with Crippen molar-refractivity contribution in [1.29, 1.82) is 0 Å². The molecule has 0 radical (unpaired) electrons. The van der Waals surface area contributed by atoms with Gasteiger partial charge in [-0.25, -0.2) is 0 Å². The van der Waals surface area contributed by atoms with Gasteiger partial charge in [-0.15, -0.1) is 20.4 Å². The molecule has 0 amide bonds. The van der Waals surface area contributed by atoms with Gasteiger partial charge in [0.05, 0.1) is 11.9 Å². The first-order valence-corrected chi connectivity index (χ1v) is 11.2. The quantitative estimate of drug-likeness (QED) is 0.320. The average Bonchev–Trinajstić information content (AvgIpc) is 3.43. The SMILES string of the molecule is COCCn1c(COc2ccccc2-c2ccccc2)nnc1SC(C)c1nnc(C)o1. The maximum absolute atomic E-state index is 6.19. The van der Waals surface area contributed by atoms with E-state index in [1.807, 2.05) is 47.9 Å². The Labute approximate surface area is 191 Å².